The quantitative estimate of drug-likeness (QED) is 0.617. The van der Waals surface area contributed by atoms with Gasteiger partial charge in [0.15, 0.2) is 11.5 Å². The van der Waals surface area contributed by atoms with Gasteiger partial charge in [0.05, 0.1) is 17.5 Å². The molecule has 1 aromatic carbocycles. The summed E-state index contributed by atoms with van der Waals surface area (Å²) in [5.74, 6) is 0.563. The van der Waals surface area contributed by atoms with Gasteiger partial charge in [-0.25, -0.2) is 0 Å². The molecule has 6 nitrogen and oxygen atoms in total. The van der Waals surface area contributed by atoms with Gasteiger partial charge in [-0.05, 0) is 48.8 Å². The van der Waals surface area contributed by atoms with E-state index in [9.17, 15) is 9.59 Å². The molecule has 0 saturated heterocycles. The lowest BCUT2D eigenvalue weighted by molar-refractivity contribution is -0.132. The number of hydrogen-bond donors (Lipinski definition) is 0. The Morgan fingerprint density at radius 2 is 2.06 bits per heavy atom. The highest BCUT2D eigenvalue weighted by Crippen LogP contribution is 2.49. The van der Waals surface area contributed by atoms with Crippen molar-refractivity contribution in [2.75, 3.05) is 4.90 Å². The van der Waals surface area contributed by atoms with Crippen LogP contribution in [0.4, 0.5) is 5.13 Å². The maximum Gasteiger partial charge on any atom is 0.296 e. The number of carbonyl (C=O) groups is 2. The van der Waals surface area contributed by atoms with Crippen molar-refractivity contribution in [2.24, 2.45) is 17.8 Å². The zero-order chi connectivity index (χ0) is 22.6. The maximum absolute atomic E-state index is 13.7. The van der Waals surface area contributed by atoms with Crippen molar-refractivity contribution < 1.29 is 14.3 Å². The molecule has 0 radical (unpaired) electrons. The van der Waals surface area contributed by atoms with Crippen molar-refractivity contribution in [3.05, 3.63) is 51.2 Å². The van der Waals surface area contributed by atoms with E-state index in [1.807, 2.05) is 12.1 Å². The highest BCUT2D eigenvalue weighted by molar-refractivity contribution is 7.15. The Bertz CT molecular complexity index is 1110. The van der Waals surface area contributed by atoms with Gasteiger partial charge in [0.1, 0.15) is 11.1 Å². The Morgan fingerprint density at radius 1 is 1.25 bits per heavy atom. The largest absolute Gasteiger partial charge is 0.483 e. The molecule has 2 aliphatic heterocycles. The number of fused-ring (bicyclic) bond motifs is 1. The van der Waals surface area contributed by atoms with E-state index >= 15 is 0 Å². The lowest BCUT2D eigenvalue weighted by atomic mass is 9.74. The van der Waals surface area contributed by atoms with Gasteiger partial charge in [-0.1, -0.05) is 55.8 Å². The summed E-state index contributed by atoms with van der Waals surface area (Å²) in [5, 5.41) is 10.5. The smallest absolute Gasteiger partial charge is 0.296 e. The Balaban J connectivity index is 1.60. The number of benzene rings is 1. The third kappa shape index (κ3) is 3.65. The van der Waals surface area contributed by atoms with Crippen LogP contribution in [0.1, 0.15) is 56.6 Å². The zero-order valence-corrected chi connectivity index (χ0v) is 19.9. The van der Waals surface area contributed by atoms with Crippen molar-refractivity contribution >= 4 is 39.8 Å². The minimum atomic E-state index is -0.610. The number of amides is 1. The fourth-order valence-corrected chi connectivity index (χ4v) is 6.32. The predicted octanol–water partition coefficient (Wildman–Crippen LogP) is 5.14. The second kappa shape index (κ2) is 8.27. The van der Waals surface area contributed by atoms with E-state index in [2.05, 4.69) is 31.0 Å². The third-order valence-corrected chi connectivity index (χ3v) is 7.70. The summed E-state index contributed by atoms with van der Waals surface area (Å²) in [6, 6.07) is 6.71. The minimum Gasteiger partial charge on any atom is -0.483 e. The van der Waals surface area contributed by atoms with E-state index in [4.69, 9.17) is 16.3 Å². The fraction of sp³-hybridized carbons (Fsp3) is 0.500. The molecule has 1 aliphatic carbocycles. The summed E-state index contributed by atoms with van der Waals surface area (Å²) >= 11 is 7.69. The number of anilines is 1. The topological polar surface area (TPSA) is 72.4 Å². The lowest BCUT2D eigenvalue weighted by Gasteiger charge is -2.37. The molecule has 1 amide bonds. The number of carbonyl (C=O) groups excluding carboxylic acids is 2. The third-order valence-electron chi connectivity index (χ3n) is 6.52. The first-order valence-corrected chi connectivity index (χ1v) is 12.4. The fourth-order valence-electron chi connectivity index (χ4n) is 5.04. The van der Waals surface area contributed by atoms with Gasteiger partial charge in [-0.3, -0.25) is 14.5 Å². The van der Waals surface area contributed by atoms with Gasteiger partial charge in [-0.15, -0.1) is 10.2 Å². The molecule has 2 aromatic rings. The van der Waals surface area contributed by atoms with Crippen LogP contribution in [0.5, 0.6) is 0 Å². The predicted molar refractivity (Wildman–Crippen MR) is 124 cm³/mol. The maximum atomic E-state index is 13.7. The van der Waals surface area contributed by atoms with Crippen molar-refractivity contribution in [3.63, 3.8) is 0 Å². The average Bonchev–Trinajstić information content (AvgIpc) is 3.30. The van der Waals surface area contributed by atoms with Gasteiger partial charge in [0.25, 0.3) is 5.91 Å². The molecule has 8 heteroatoms. The second-order valence-electron chi connectivity index (χ2n) is 9.50. The number of ketones is 1. The van der Waals surface area contributed by atoms with Crippen LogP contribution in [-0.4, -0.2) is 28.0 Å². The van der Waals surface area contributed by atoms with E-state index in [0.717, 1.165) is 36.3 Å². The first-order chi connectivity index (χ1) is 15.3. The molecule has 0 N–H and O–H groups in total. The van der Waals surface area contributed by atoms with Crippen LogP contribution in [0, 0.1) is 17.8 Å². The molecular weight excluding hydrogens is 446 g/mol. The Hall–Kier alpha value is -2.25. The van der Waals surface area contributed by atoms with Crippen LogP contribution >= 0.6 is 22.9 Å². The van der Waals surface area contributed by atoms with Crippen LogP contribution in [0.15, 0.2) is 35.6 Å². The monoisotopic (exact) mass is 471 g/mol. The van der Waals surface area contributed by atoms with E-state index < -0.39 is 6.04 Å². The van der Waals surface area contributed by atoms with E-state index in [1.165, 1.54) is 11.3 Å². The molecule has 4 atom stereocenters. The number of Topliss-reactive ketones (excluding diaryl/α,β-unsaturated/α-hetero) is 1. The van der Waals surface area contributed by atoms with E-state index in [1.54, 1.807) is 17.0 Å². The number of ether oxygens (including phenoxy) is 1. The summed E-state index contributed by atoms with van der Waals surface area (Å²) < 4.78 is 6.24. The van der Waals surface area contributed by atoms with Gasteiger partial charge in [0.2, 0.25) is 5.13 Å². The van der Waals surface area contributed by atoms with Gasteiger partial charge in [-0.2, -0.15) is 0 Å². The average molecular weight is 472 g/mol. The molecule has 5 rings (SSSR count). The van der Waals surface area contributed by atoms with Crippen LogP contribution in [-0.2, 0) is 20.7 Å². The molecule has 4 unspecified atom stereocenters. The highest BCUT2D eigenvalue weighted by atomic mass is 35.5. The van der Waals surface area contributed by atoms with Crippen LogP contribution in [0.25, 0.3) is 0 Å². The summed E-state index contributed by atoms with van der Waals surface area (Å²) in [7, 11) is 0. The second-order valence-corrected chi connectivity index (χ2v) is 11.0. The van der Waals surface area contributed by atoms with Gasteiger partial charge >= 0.3 is 0 Å². The number of hydrogen-bond acceptors (Lipinski definition) is 6. The van der Waals surface area contributed by atoms with Crippen molar-refractivity contribution in [3.8, 4) is 0 Å². The number of halogens is 1. The summed E-state index contributed by atoms with van der Waals surface area (Å²) in [6.45, 7) is 6.41. The van der Waals surface area contributed by atoms with Crippen molar-refractivity contribution in [2.45, 2.75) is 58.6 Å². The zero-order valence-electron chi connectivity index (χ0n) is 18.4. The lowest BCUT2D eigenvalue weighted by Crippen LogP contribution is -2.41. The first-order valence-electron chi connectivity index (χ1n) is 11.2. The standard InChI is InChI=1S/C24H26ClN3O3S/c1-12(2)9-18-26-27-24(32-18)28-20(14-5-4-6-15(25)11-14)19-21(29)16-10-13(3)7-8-17(16)31-22(19)23(28)30/h4-6,11-13,16-17,20H,7-10H2,1-3H3. The first kappa shape index (κ1) is 21.6. The Kier molecular flexibility index (Phi) is 5.58. The summed E-state index contributed by atoms with van der Waals surface area (Å²) in [6.07, 6.45) is 3.13. The number of nitrogens with zero attached hydrogens (tertiary/aromatic N) is 3. The highest BCUT2D eigenvalue weighted by Gasteiger charge is 2.53. The SMILES string of the molecule is CC(C)Cc1nnc(N2C(=O)C3=C(C(=O)C4CC(C)CCC4O3)C2c2cccc(Cl)c2)s1. The molecule has 32 heavy (non-hydrogen) atoms. The molecule has 1 fully saturated rings. The Labute approximate surface area is 196 Å². The molecule has 1 aromatic heterocycles. The van der Waals surface area contributed by atoms with Gasteiger partial charge in [0, 0.05) is 11.4 Å². The van der Waals surface area contributed by atoms with Gasteiger partial charge < -0.3 is 4.74 Å². The Morgan fingerprint density at radius 3 is 2.81 bits per heavy atom. The van der Waals surface area contributed by atoms with Crippen LogP contribution in [0.3, 0.4) is 0 Å². The molecule has 0 bridgehead atoms. The van der Waals surface area contributed by atoms with E-state index in [-0.39, 0.29) is 29.5 Å². The number of rotatable bonds is 4. The van der Waals surface area contributed by atoms with Crippen molar-refractivity contribution in [1.82, 2.24) is 10.2 Å². The number of aromatic nitrogens is 2. The van der Waals surface area contributed by atoms with E-state index in [0.29, 0.717) is 27.6 Å². The molecular formula is C24H26ClN3O3S. The van der Waals surface area contributed by atoms with Crippen LogP contribution < -0.4 is 4.90 Å². The summed E-state index contributed by atoms with van der Waals surface area (Å²) in [5.41, 5.74) is 1.21. The molecule has 0 spiro atoms. The molecule has 3 heterocycles. The minimum absolute atomic E-state index is 0.0237. The van der Waals surface area contributed by atoms with Crippen LogP contribution in [0.2, 0.25) is 5.02 Å². The molecule has 168 valence electrons. The normalized spacial score (nSPS) is 27.6. The molecule has 3 aliphatic rings. The van der Waals surface area contributed by atoms with Crippen molar-refractivity contribution in [1.29, 1.82) is 0 Å². The summed E-state index contributed by atoms with van der Waals surface area (Å²) in [4.78, 5) is 28.9. The molecule has 1 saturated carbocycles.